The second-order valence-corrected chi connectivity index (χ2v) is 6.46. The van der Waals surface area contributed by atoms with Gasteiger partial charge >= 0.3 is 0 Å². The van der Waals surface area contributed by atoms with Crippen LogP contribution in [0.3, 0.4) is 0 Å². The van der Waals surface area contributed by atoms with Crippen molar-refractivity contribution in [2.75, 3.05) is 26.9 Å². The molecule has 0 aliphatic rings. The summed E-state index contributed by atoms with van der Waals surface area (Å²) < 4.78 is 10.5. The third-order valence-electron chi connectivity index (χ3n) is 4.41. The molecular formula is C21H29NO4. The summed E-state index contributed by atoms with van der Waals surface area (Å²) in [6, 6.07) is 13.0. The van der Waals surface area contributed by atoms with Gasteiger partial charge in [-0.2, -0.15) is 0 Å². The molecule has 2 rings (SSSR count). The summed E-state index contributed by atoms with van der Waals surface area (Å²) in [4.78, 5) is 0. The van der Waals surface area contributed by atoms with E-state index in [1.165, 1.54) is 5.56 Å². The fourth-order valence-electron chi connectivity index (χ4n) is 2.81. The zero-order valence-electron chi connectivity index (χ0n) is 15.7. The number of aliphatic hydroxyl groups excluding tert-OH is 1. The smallest absolute Gasteiger partial charge is 0.119 e. The quantitative estimate of drug-likeness (QED) is 0.569. The van der Waals surface area contributed by atoms with E-state index in [-0.39, 0.29) is 11.8 Å². The standard InChI is InChI=1S/C21H29NO4/c1-15-14-18(23)6-9-20(15)21(24)16(2)22-11-10-17-4-7-19(8-5-17)26-13-12-25-3/h4-9,14,16,21-24H,10-13H2,1-3H3/t16-,21-/m0/s1. The molecule has 5 heteroatoms. The molecule has 0 radical (unpaired) electrons. The zero-order chi connectivity index (χ0) is 18.9. The summed E-state index contributed by atoms with van der Waals surface area (Å²) >= 11 is 0. The number of aliphatic hydroxyl groups is 1. The van der Waals surface area contributed by atoms with E-state index >= 15 is 0 Å². The van der Waals surface area contributed by atoms with E-state index < -0.39 is 6.10 Å². The fraction of sp³-hybridized carbons (Fsp3) is 0.429. The zero-order valence-corrected chi connectivity index (χ0v) is 15.7. The Kier molecular flexibility index (Phi) is 7.91. The van der Waals surface area contributed by atoms with Crippen molar-refractivity contribution >= 4 is 0 Å². The van der Waals surface area contributed by atoms with Crippen LogP contribution in [0.5, 0.6) is 11.5 Å². The molecule has 0 amide bonds. The first-order chi connectivity index (χ1) is 12.5. The average Bonchev–Trinajstić information content (AvgIpc) is 2.62. The molecule has 0 aliphatic carbocycles. The highest BCUT2D eigenvalue weighted by atomic mass is 16.5. The average molecular weight is 359 g/mol. The first-order valence-corrected chi connectivity index (χ1v) is 8.93. The molecule has 2 aromatic rings. The summed E-state index contributed by atoms with van der Waals surface area (Å²) in [5.41, 5.74) is 2.93. The van der Waals surface area contributed by atoms with Crippen LogP contribution in [0.15, 0.2) is 42.5 Å². The van der Waals surface area contributed by atoms with Crippen LogP contribution in [-0.2, 0) is 11.2 Å². The molecule has 0 fully saturated rings. The highest BCUT2D eigenvalue weighted by Crippen LogP contribution is 2.24. The van der Waals surface area contributed by atoms with E-state index in [0.29, 0.717) is 13.2 Å². The number of phenols is 1. The van der Waals surface area contributed by atoms with Crippen LogP contribution in [-0.4, -0.2) is 43.1 Å². The van der Waals surface area contributed by atoms with Gasteiger partial charge in [-0.3, -0.25) is 0 Å². The lowest BCUT2D eigenvalue weighted by molar-refractivity contribution is 0.135. The number of ether oxygens (including phenoxy) is 2. The molecule has 0 heterocycles. The molecule has 142 valence electrons. The molecule has 26 heavy (non-hydrogen) atoms. The molecule has 0 aliphatic heterocycles. The Labute approximate surface area is 155 Å². The van der Waals surface area contributed by atoms with Crippen LogP contribution in [0, 0.1) is 6.92 Å². The van der Waals surface area contributed by atoms with Crippen LogP contribution in [0.25, 0.3) is 0 Å². The minimum Gasteiger partial charge on any atom is -0.508 e. The van der Waals surface area contributed by atoms with E-state index in [1.54, 1.807) is 25.3 Å². The molecule has 3 N–H and O–H groups in total. The van der Waals surface area contributed by atoms with Gasteiger partial charge in [0.1, 0.15) is 18.1 Å². The van der Waals surface area contributed by atoms with Gasteiger partial charge in [-0.05, 0) is 67.8 Å². The van der Waals surface area contributed by atoms with Gasteiger partial charge < -0.3 is 25.0 Å². The normalized spacial score (nSPS) is 13.4. The Morgan fingerprint density at radius 2 is 1.81 bits per heavy atom. The second-order valence-electron chi connectivity index (χ2n) is 6.46. The van der Waals surface area contributed by atoms with Gasteiger partial charge in [0, 0.05) is 13.2 Å². The maximum atomic E-state index is 10.5. The first-order valence-electron chi connectivity index (χ1n) is 8.93. The first kappa shape index (κ1) is 20.2. The third-order valence-corrected chi connectivity index (χ3v) is 4.41. The number of hydrogen-bond acceptors (Lipinski definition) is 5. The lowest BCUT2D eigenvalue weighted by Gasteiger charge is -2.22. The predicted molar refractivity (Wildman–Crippen MR) is 103 cm³/mol. The number of aryl methyl sites for hydroxylation is 1. The maximum absolute atomic E-state index is 10.5. The van der Waals surface area contributed by atoms with Gasteiger partial charge in [0.05, 0.1) is 12.7 Å². The minimum atomic E-state index is -0.618. The van der Waals surface area contributed by atoms with Gasteiger partial charge in [-0.15, -0.1) is 0 Å². The fourth-order valence-corrected chi connectivity index (χ4v) is 2.81. The molecule has 2 atom stereocenters. The lowest BCUT2D eigenvalue weighted by atomic mass is 9.98. The Morgan fingerprint density at radius 3 is 2.46 bits per heavy atom. The van der Waals surface area contributed by atoms with Crippen LogP contribution in [0.2, 0.25) is 0 Å². The number of phenolic OH excluding ortho intramolecular Hbond substituents is 1. The highest BCUT2D eigenvalue weighted by molar-refractivity contribution is 5.35. The van der Waals surface area contributed by atoms with Gasteiger partial charge in [-0.1, -0.05) is 18.2 Å². The van der Waals surface area contributed by atoms with E-state index in [1.807, 2.05) is 26.0 Å². The van der Waals surface area contributed by atoms with E-state index in [9.17, 15) is 10.2 Å². The third kappa shape index (κ3) is 6.02. The van der Waals surface area contributed by atoms with Crippen LogP contribution in [0.4, 0.5) is 0 Å². The monoisotopic (exact) mass is 359 g/mol. The van der Waals surface area contributed by atoms with Gasteiger partial charge in [-0.25, -0.2) is 0 Å². The summed E-state index contributed by atoms with van der Waals surface area (Å²) in [6.07, 6.45) is 0.247. The van der Waals surface area contributed by atoms with Crippen molar-refractivity contribution in [3.63, 3.8) is 0 Å². The Hall–Kier alpha value is -2.08. The molecule has 2 aromatic carbocycles. The van der Waals surface area contributed by atoms with Crippen molar-refractivity contribution in [1.82, 2.24) is 5.32 Å². The Balaban J connectivity index is 1.79. The van der Waals surface area contributed by atoms with Crippen molar-refractivity contribution in [2.24, 2.45) is 0 Å². The number of nitrogens with one attached hydrogen (secondary N) is 1. The second kappa shape index (κ2) is 10.2. The number of benzene rings is 2. The predicted octanol–water partition coefficient (Wildman–Crippen LogP) is 2.98. The maximum Gasteiger partial charge on any atom is 0.119 e. The molecule has 5 nitrogen and oxygen atoms in total. The molecule has 0 spiro atoms. The van der Waals surface area contributed by atoms with Crippen LogP contribution >= 0.6 is 0 Å². The van der Waals surface area contributed by atoms with Crippen LogP contribution in [0.1, 0.15) is 29.7 Å². The van der Waals surface area contributed by atoms with E-state index in [0.717, 1.165) is 29.8 Å². The SMILES string of the molecule is COCCOc1ccc(CCN[C@@H](C)[C@H](O)c2ccc(O)cc2C)cc1. The van der Waals surface area contributed by atoms with E-state index in [4.69, 9.17) is 9.47 Å². The van der Waals surface area contributed by atoms with Crippen molar-refractivity contribution in [3.05, 3.63) is 59.2 Å². The molecule has 0 unspecified atom stereocenters. The molecule has 0 saturated carbocycles. The van der Waals surface area contributed by atoms with Gasteiger partial charge in [0.25, 0.3) is 0 Å². The minimum absolute atomic E-state index is 0.0881. The number of rotatable bonds is 10. The Morgan fingerprint density at radius 1 is 1.08 bits per heavy atom. The molecule has 0 bridgehead atoms. The van der Waals surface area contributed by atoms with Gasteiger partial charge in [0.15, 0.2) is 0 Å². The molecule has 0 saturated heterocycles. The Bertz CT molecular complexity index is 672. The summed E-state index contributed by atoms with van der Waals surface area (Å²) in [7, 11) is 1.65. The number of aromatic hydroxyl groups is 1. The summed E-state index contributed by atoms with van der Waals surface area (Å²) in [5.74, 6) is 1.05. The van der Waals surface area contributed by atoms with Crippen molar-refractivity contribution < 1.29 is 19.7 Å². The number of hydrogen-bond donors (Lipinski definition) is 3. The largest absolute Gasteiger partial charge is 0.508 e. The van der Waals surface area contributed by atoms with Crippen molar-refractivity contribution in [1.29, 1.82) is 0 Å². The molecular weight excluding hydrogens is 330 g/mol. The van der Waals surface area contributed by atoms with E-state index in [2.05, 4.69) is 17.4 Å². The highest BCUT2D eigenvalue weighted by Gasteiger charge is 2.17. The summed E-state index contributed by atoms with van der Waals surface area (Å²) in [5, 5.41) is 23.4. The van der Waals surface area contributed by atoms with Gasteiger partial charge in [0.2, 0.25) is 0 Å². The van der Waals surface area contributed by atoms with Crippen molar-refractivity contribution in [3.8, 4) is 11.5 Å². The summed E-state index contributed by atoms with van der Waals surface area (Å²) in [6.45, 7) is 5.74. The number of methoxy groups -OCH3 is 1. The molecule has 0 aromatic heterocycles. The van der Waals surface area contributed by atoms with Crippen molar-refractivity contribution in [2.45, 2.75) is 32.4 Å². The lowest BCUT2D eigenvalue weighted by Crippen LogP contribution is -2.34. The topological polar surface area (TPSA) is 71.0 Å². The van der Waals surface area contributed by atoms with Crippen LogP contribution < -0.4 is 10.1 Å².